The molecule has 0 spiro atoms. The molecule has 0 saturated carbocycles. The number of anilines is 1. The average molecular weight is 397 g/mol. The van der Waals surface area contributed by atoms with Crippen LogP contribution in [0.15, 0.2) is 67.0 Å². The quantitative estimate of drug-likeness (QED) is 0.540. The topological polar surface area (TPSA) is 10.4 Å². The van der Waals surface area contributed by atoms with E-state index in [2.05, 4.69) is 123 Å². The summed E-state index contributed by atoms with van der Waals surface area (Å²) in [5.74, 6) is 1.26. The molecule has 3 aromatic rings. The van der Waals surface area contributed by atoms with Crippen molar-refractivity contribution in [1.29, 1.82) is 0 Å². The maximum atomic E-state index is 2.43. The fourth-order valence-corrected chi connectivity index (χ4v) is 5.15. The first-order valence-corrected chi connectivity index (χ1v) is 10.7. The van der Waals surface area contributed by atoms with E-state index in [0.717, 1.165) is 0 Å². The molecular weight excluding hydrogens is 366 g/mol. The summed E-state index contributed by atoms with van der Waals surface area (Å²) in [5, 5.41) is 0. The predicted molar refractivity (Wildman–Crippen MR) is 124 cm³/mol. The zero-order valence-electron chi connectivity index (χ0n) is 18.8. The Hall–Kier alpha value is -3.07. The van der Waals surface area contributed by atoms with Gasteiger partial charge in [0, 0.05) is 24.2 Å². The minimum Gasteiger partial charge on any atom is -0.339 e. The molecule has 30 heavy (non-hydrogen) atoms. The number of nitrogens with zero attached hydrogens (tertiary/aromatic N) is 3. The molecular formula is C27H30N3+. The van der Waals surface area contributed by atoms with Gasteiger partial charge in [-0.05, 0) is 42.2 Å². The third kappa shape index (κ3) is 2.48. The van der Waals surface area contributed by atoms with E-state index < -0.39 is 0 Å². The van der Waals surface area contributed by atoms with E-state index in [1.807, 2.05) is 0 Å². The fourth-order valence-electron chi connectivity index (χ4n) is 5.15. The number of hydrogen-bond donors (Lipinski definition) is 0. The largest absolute Gasteiger partial charge is 0.339 e. The highest BCUT2D eigenvalue weighted by Crippen LogP contribution is 2.52. The van der Waals surface area contributed by atoms with E-state index in [0.29, 0.717) is 0 Å². The van der Waals surface area contributed by atoms with Crippen LogP contribution in [-0.2, 0) is 12.5 Å². The summed E-state index contributed by atoms with van der Waals surface area (Å²) in [5.41, 5.74) is 9.35. The molecule has 0 unspecified atom stereocenters. The highest BCUT2D eigenvalue weighted by atomic mass is 15.4. The summed E-state index contributed by atoms with van der Waals surface area (Å²) < 4.78 is 2.39. The summed E-state index contributed by atoms with van der Waals surface area (Å²) in [6, 6.07) is 20.0. The summed E-state index contributed by atoms with van der Waals surface area (Å²) >= 11 is 0. The molecule has 5 rings (SSSR count). The van der Waals surface area contributed by atoms with E-state index in [1.165, 1.54) is 44.9 Å². The lowest BCUT2D eigenvalue weighted by Crippen LogP contribution is -2.44. The Bertz CT molecular complexity index is 1190. The molecule has 0 N–H and O–H groups in total. The zero-order valence-corrected chi connectivity index (χ0v) is 18.8. The standard InChI is InChI=1S/C27H30N3/c1-18-11-7-8-12-20(18)24-17-23-25(21-13-9-10-14-22(21)27(23,3)4)26(29(24)6)30-16-15-28(5)19(30)2/h7-17,19H,1-6H3/q+1/t19-/m0/s1. The van der Waals surface area contributed by atoms with Gasteiger partial charge in [0.25, 0.3) is 5.82 Å². The van der Waals surface area contributed by atoms with Gasteiger partial charge in [0.15, 0.2) is 6.17 Å². The van der Waals surface area contributed by atoms with Crippen LogP contribution in [0.1, 0.15) is 37.5 Å². The molecule has 152 valence electrons. The molecule has 2 aromatic carbocycles. The van der Waals surface area contributed by atoms with Crippen LogP contribution in [0.5, 0.6) is 0 Å². The number of fused-ring (bicyclic) bond motifs is 3. The maximum Gasteiger partial charge on any atom is 0.291 e. The number of hydrogen-bond acceptors (Lipinski definition) is 2. The van der Waals surface area contributed by atoms with Gasteiger partial charge < -0.3 is 4.90 Å². The van der Waals surface area contributed by atoms with Crippen LogP contribution in [0.25, 0.3) is 22.4 Å². The molecule has 2 heterocycles. The fraction of sp³-hybridized carbons (Fsp3) is 0.296. The number of aromatic nitrogens is 1. The maximum absolute atomic E-state index is 2.43. The smallest absolute Gasteiger partial charge is 0.291 e. The molecule has 0 amide bonds. The van der Waals surface area contributed by atoms with Crippen molar-refractivity contribution < 1.29 is 4.57 Å². The van der Waals surface area contributed by atoms with Crippen LogP contribution in [0, 0.1) is 6.92 Å². The molecule has 0 radical (unpaired) electrons. The molecule has 0 bridgehead atoms. The second-order valence-electron chi connectivity index (χ2n) is 9.19. The minimum atomic E-state index is -0.0368. The highest BCUT2D eigenvalue weighted by Gasteiger charge is 2.44. The van der Waals surface area contributed by atoms with E-state index in [1.54, 1.807) is 0 Å². The van der Waals surface area contributed by atoms with Gasteiger partial charge in [-0.15, -0.1) is 0 Å². The van der Waals surface area contributed by atoms with Gasteiger partial charge in [0.2, 0.25) is 0 Å². The van der Waals surface area contributed by atoms with Crippen molar-refractivity contribution in [2.45, 2.75) is 39.3 Å². The second-order valence-corrected chi connectivity index (χ2v) is 9.19. The lowest BCUT2D eigenvalue weighted by Gasteiger charge is -2.26. The molecule has 2 aliphatic rings. The van der Waals surface area contributed by atoms with Crippen molar-refractivity contribution in [2.24, 2.45) is 7.05 Å². The van der Waals surface area contributed by atoms with Crippen molar-refractivity contribution in [1.82, 2.24) is 4.90 Å². The van der Waals surface area contributed by atoms with Crippen LogP contribution in [0.2, 0.25) is 0 Å². The van der Waals surface area contributed by atoms with Gasteiger partial charge in [0.1, 0.15) is 11.9 Å². The van der Waals surface area contributed by atoms with Crippen molar-refractivity contribution in [3.63, 3.8) is 0 Å². The van der Waals surface area contributed by atoms with Gasteiger partial charge in [-0.2, -0.15) is 0 Å². The van der Waals surface area contributed by atoms with Crippen molar-refractivity contribution in [3.8, 4) is 22.4 Å². The summed E-state index contributed by atoms with van der Waals surface area (Å²) in [6.07, 6.45) is 4.66. The number of aryl methyl sites for hydroxylation is 1. The van der Waals surface area contributed by atoms with Crippen molar-refractivity contribution in [2.75, 3.05) is 11.9 Å². The van der Waals surface area contributed by atoms with E-state index >= 15 is 0 Å². The van der Waals surface area contributed by atoms with Crippen LogP contribution < -0.4 is 9.47 Å². The first kappa shape index (κ1) is 18.9. The molecule has 1 aromatic heterocycles. The summed E-state index contributed by atoms with van der Waals surface area (Å²) in [4.78, 5) is 4.68. The van der Waals surface area contributed by atoms with Crippen LogP contribution >= 0.6 is 0 Å². The van der Waals surface area contributed by atoms with E-state index in [9.17, 15) is 0 Å². The predicted octanol–water partition coefficient (Wildman–Crippen LogP) is 5.36. The Labute approximate surface area is 179 Å². The summed E-state index contributed by atoms with van der Waals surface area (Å²) in [7, 11) is 4.36. The second kappa shape index (κ2) is 6.46. The monoisotopic (exact) mass is 396 g/mol. The third-order valence-electron chi connectivity index (χ3n) is 7.12. The van der Waals surface area contributed by atoms with Crippen molar-refractivity contribution >= 4 is 5.82 Å². The summed E-state index contributed by atoms with van der Waals surface area (Å²) in [6.45, 7) is 9.18. The normalized spacial score (nSPS) is 18.7. The van der Waals surface area contributed by atoms with E-state index in [4.69, 9.17) is 0 Å². The molecule has 3 nitrogen and oxygen atoms in total. The number of rotatable bonds is 2. The van der Waals surface area contributed by atoms with Gasteiger partial charge in [-0.1, -0.05) is 62.4 Å². The Kier molecular flexibility index (Phi) is 4.08. The molecule has 1 aliphatic heterocycles. The van der Waals surface area contributed by atoms with Gasteiger partial charge in [0.05, 0.1) is 12.6 Å². The zero-order chi connectivity index (χ0) is 21.2. The number of benzene rings is 2. The lowest BCUT2D eigenvalue weighted by atomic mass is 9.82. The van der Waals surface area contributed by atoms with Crippen molar-refractivity contribution in [3.05, 3.63) is 83.7 Å². The van der Waals surface area contributed by atoms with Crippen LogP contribution in [0.3, 0.4) is 0 Å². The Morgan fingerprint density at radius 2 is 1.57 bits per heavy atom. The van der Waals surface area contributed by atoms with Gasteiger partial charge in [-0.3, -0.25) is 0 Å². The average Bonchev–Trinajstić information content (AvgIpc) is 3.17. The Balaban J connectivity index is 1.89. The van der Waals surface area contributed by atoms with E-state index in [-0.39, 0.29) is 11.6 Å². The molecule has 0 fully saturated rings. The van der Waals surface area contributed by atoms with Crippen LogP contribution in [0.4, 0.5) is 5.82 Å². The van der Waals surface area contributed by atoms with Gasteiger partial charge in [-0.25, -0.2) is 9.47 Å². The van der Waals surface area contributed by atoms with Crippen LogP contribution in [-0.4, -0.2) is 18.1 Å². The highest BCUT2D eigenvalue weighted by molar-refractivity contribution is 5.89. The SMILES string of the molecule is Cc1ccccc1-c1cc2c(c(N3C=CN(C)[C@@H]3C)[n+]1C)-c1ccccc1C2(C)C. The first-order valence-electron chi connectivity index (χ1n) is 10.7. The first-order chi connectivity index (χ1) is 14.3. The molecule has 1 atom stereocenters. The number of pyridine rings is 1. The Morgan fingerprint density at radius 3 is 2.23 bits per heavy atom. The molecule has 0 saturated heterocycles. The molecule has 1 aliphatic carbocycles. The molecule has 3 heteroatoms. The Morgan fingerprint density at radius 1 is 0.900 bits per heavy atom. The lowest BCUT2D eigenvalue weighted by molar-refractivity contribution is -0.647. The minimum absolute atomic E-state index is 0.0368. The van der Waals surface area contributed by atoms with Gasteiger partial charge >= 0.3 is 0 Å². The third-order valence-corrected chi connectivity index (χ3v) is 7.12.